The van der Waals surface area contributed by atoms with Crippen molar-refractivity contribution in [1.29, 1.82) is 0 Å². The summed E-state index contributed by atoms with van der Waals surface area (Å²) in [5, 5.41) is 10.9. The van der Waals surface area contributed by atoms with Crippen LogP contribution in [0, 0.1) is 24.2 Å². The van der Waals surface area contributed by atoms with Crippen molar-refractivity contribution in [2.24, 2.45) is 17.3 Å². The zero-order valence-electron chi connectivity index (χ0n) is 15.2. The van der Waals surface area contributed by atoms with Crippen LogP contribution in [0.2, 0.25) is 0 Å². The molecule has 0 radical (unpaired) electrons. The summed E-state index contributed by atoms with van der Waals surface area (Å²) in [5.74, 6) is 3.35. The molecular formula is C21H29NO3. The van der Waals surface area contributed by atoms with Crippen LogP contribution < -0.4 is 0 Å². The second-order valence-corrected chi connectivity index (χ2v) is 9.63. The number of hydrogen-bond acceptors (Lipinski definition) is 3. The van der Waals surface area contributed by atoms with Crippen LogP contribution in [-0.4, -0.2) is 27.6 Å². The molecule has 0 unspecified atom stereocenters. The second-order valence-electron chi connectivity index (χ2n) is 9.63. The lowest BCUT2D eigenvalue weighted by atomic mass is 9.47. The van der Waals surface area contributed by atoms with Gasteiger partial charge in [-0.05, 0) is 87.7 Å². The van der Waals surface area contributed by atoms with E-state index in [9.17, 15) is 9.90 Å². The van der Waals surface area contributed by atoms with Gasteiger partial charge in [-0.3, -0.25) is 4.79 Å². The number of furan rings is 1. The zero-order chi connectivity index (χ0) is 17.2. The number of aryl methyl sites for hydroxylation is 1. The van der Waals surface area contributed by atoms with Gasteiger partial charge in [0.25, 0.3) is 0 Å². The number of hydrogen-bond donors (Lipinski definition) is 1. The van der Waals surface area contributed by atoms with Gasteiger partial charge in [-0.25, -0.2) is 0 Å². The van der Waals surface area contributed by atoms with Crippen LogP contribution >= 0.6 is 0 Å². The van der Waals surface area contributed by atoms with E-state index in [4.69, 9.17) is 4.42 Å². The third kappa shape index (κ3) is 2.92. The first-order chi connectivity index (χ1) is 11.9. The van der Waals surface area contributed by atoms with Crippen molar-refractivity contribution in [3.05, 3.63) is 23.7 Å². The van der Waals surface area contributed by atoms with E-state index in [1.165, 1.54) is 6.42 Å². The average molecular weight is 343 g/mol. The maximum Gasteiger partial charge on any atom is 0.223 e. The summed E-state index contributed by atoms with van der Waals surface area (Å²) in [6, 6.07) is 4.36. The van der Waals surface area contributed by atoms with Crippen molar-refractivity contribution in [2.75, 3.05) is 0 Å². The van der Waals surface area contributed by atoms with Crippen LogP contribution in [0.5, 0.6) is 0 Å². The van der Waals surface area contributed by atoms with E-state index in [2.05, 4.69) is 4.90 Å². The number of carbonyl (C=O) groups excluding carboxylic acids is 1. The molecule has 1 amide bonds. The highest BCUT2D eigenvalue weighted by Crippen LogP contribution is 2.63. The topological polar surface area (TPSA) is 53.7 Å². The van der Waals surface area contributed by atoms with E-state index in [0.717, 1.165) is 56.5 Å². The largest absolute Gasteiger partial charge is 0.464 e. The highest BCUT2D eigenvalue weighted by molar-refractivity contribution is 5.77. The Morgan fingerprint density at radius 3 is 2.52 bits per heavy atom. The molecule has 1 N–H and O–H groups in total. The molecule has 4 bridgehead atoms. The fraction of sp³-hybridized carbons (Fsp3) is 0.762. The van der Waals surface area contributed by atoms with E-state index < -0.39 is 5.60 Å². The summed E-state index contributed by atoms with van der Waals surface area (Å²) in [6.45, 7) is 2.55. The fourth-order valence-corrected chi connectivity index (χ4v) is 6.58. The Kier molecular flexibility index (Phi) is 3.41. The molecule has 5 aliphatic rings. The zero-order valence-corrected chi connectivity index (χ0v) is 15.2. The number of amides is 1. The quantitative estimate of drug-likeness (QED) is 0.885. The summed E-state index contributed by atoms with van der Waals surface area (Å²) >= 11 is 0. The molecule has 25 heavy (non-hydrogen) atoms. The Hall–Kier alpha value is -1.29. The van der Waals surface area contributed by atoms with E-state index in [1.807, 2.05) is 19.1 Å². The predicted molar refractivity (Wildman–Crippen MR) is 93.7 cm³/mol. The lowest BCUT2D eigenvalue weighted by Gasteiger charge is -2.60. The molecule has 5 saturated carbocycles. The van der Waals surface area contributed by atoms with Gasteiger partial charge in [0.1, 0.15) is 11.5 Å². The maximum absolute atomic E-state index is 13.2. The summed E-state index contributed by atoms with van der Waals surface area (Å²) in [6.07, 6.45) is 9.22. The van der Waals surface area contributed by atoms with Crippen molar-refractivity contribution in [1.82, 2.24) is 4.90 Å². The van der Waals surface area contributed by atoms with Gasteiger partial charge in [0.15, 0.2) is 0 Å². The Morgan fingerprint density at radius 2 is 1.96 bits per heavy atom. The van der Waals surface area contributed by atoms with Crippen LogP contribution in [0.1, 0.15) is 69.3 Å². The van der Waals surface area contributed by atoms with E-state index >= 15 is 0 Å². The number of rotatable bonds is 5. The van der Waals surface area contributed by atoms with Crippen LogP contribution in [0.4, 0.5) is 0 Å². The molecule has 5 fully saturated rings. The van der Waals surface area contributed by atoms with Crippen LogP contribution in [0.3, 0.4) is 0 Å². The normalized spacial score (nSPS) is 39.0. The minimum Gasteiger partial charge on any atom is -0.464 e. The molecule has 1 heterocycles. The van der Waals surface area contributed by atoms with Gasteiger partial charge >= 0.3 is 0 Å². The second kappa shape index (κ2) is 5.35. The lowest BCUT2D eigenvalue weighted by molar-refractivity contribution is -0.172. The molecule has 0 spiro atoms. The van der Waals surface area contributed by atoms with Gasteiger partial charge in [0, 0.05) is 12.5 Å². The number of carbonyl (C=O) groups is 1. The molecule has 1 aromatic rings. The summed E-state index contributed by atoms with van der Waals surface area (Å²) in [7, 11) is 0. The van der Waals surface area contributed by atoms with Crippen molar-refractivity contribution >= 4 is 5.91 Å². The molecule has 4 heteroatoms. The first-order valence-corrected chi connectivity index (χ1v) is 9.99. The van der Waals surface area contributed by atoms with Gasteiger partial charge in [-0.1, -0.05) is 0 Å². The minimum atomic E-state index is -0.479. The van der Waals surface area contributed by atoms with E-state index in [-0.39, 0.29) is 11.3 Å². The summed E-state index contributed by atoms with van der Waals surface area (Å²) in [4.78, 5) is 15.3. The third-order valence-corrected chi connectivity index (χ3v) is 7.11. The SMILES string of the molecule is Cc1ccc(CN(C(=O)CC23C[C@H]4C[C@@H](CC(O)(C4)C2)C3)C2CC2)o1. The number of aliphatic hydroxyl groups is 1. The third-order valence-electron chi connectivity index (χ3n) is 7.11. The Balaban J connectivity index is 1.33. The van der Waals surface area contributed by atoms with Crippen molar-refractivity contribution in [3.8, 4) is 0 Å². The van der Waals surface area contributed by atoms with E-state index in [0.29, 0.717) is 30.8 Å². The standard InChI is InChI=1S/C21H29NO3/c1-14-2-5-18(25-14)12-22(17-3-4-17)19(23)11-20-7-15-6-16(8-20)10-21(24,9-15)13-20/h2,5,15-17,24H,3-4,6-13H2,1H3/t15-,16-,20?,21?/m1/s1. The highest BCUT2D eigenvalue weighted by atomic mass is 16.3. The van der Waals surface area contributed by atoms with Gasteiger partial charge in [-0.2, -0.15) is 0 Å². The molecule has 0 aliphatic heterocycles. The fourth-order valence-electron chi connectivity index (χ4n) is 6.58. The van der Waals surface area contributed by atoms with Gasteiger partial charge < -0.3 is 14.4 Å². The van der Waals surface area contributed by atoms with Crippen LogP contribution in [0.15, 0.2) is 16.5 Å². The van der Waals surface area contributed by atoms with E-state index in [1.54, 1.807) is 0 Å². The summed E-state index contributed by atoms with van der Waals surface area (Å²) in [5.41, 5.74) is -0.422. The van der Waals surface area contributed by atoms with Crippen LogP contribution in [-0.2, 0) is 11.3 Å². The summed E-state index contributed by atoms with van der Waals surface area (Å²) < 4.78 is 5.72. The Labute approximate surface area is 149 Å². The molecule has 5 aliphatic carbocycles. The average Bonchev–Trinajstić information content (AvgIpc) is 3.24. The van der Waals surface area contributed by atoms with Gasteiger partial charge in [-0.15, -0.1) is 0 Å². The minimum absolute atomic E-state index is 0.0577. The van der Waals surface area contributed by atoms with Gasteiger partial charge in [0.2, 0.25) is 5.91 Å². The first kappa shape index (κ1) is 15.9. The lowest BCUT2D eigenvalue weighted by Crippen LogP contribution is -2.56. The molecule has 0 aromatic carbocycles. The Bertz CT molecular complexity index is 675. The number of nitrogens with zero attached hydrogens (tertiary/aromatic N) is 1. The molecule has 6 rings (SSSR count). The maximum atomic E-state index is 13.2. The molecular weight excluding hydrogens is 314 g/mol. The predicted octanol–water partition coefficient (Wildman–Crippen LogP) is 3.80. The molecule has 0 saturated heterocycles. The van der Waals surface area contributed by atoms with Crippen molar-refractivity contribution in [2.45, 2.75) is 82.9 Å². The van der Waals surface area contributed by atoms with Gasteiger partial charge in [0.05, 0.1) is 12.1 Å². The van der Waals surface area contributed by atoms with Crippen molar-refractivity contribution < 1.29 is 14.3 Å². The van der Waals surface area contributed by atoms with Crippen molar-refractivity contribution in [3.63, 3.8) is 0 Å². The smallest absolute Gasteiger partial charge is 0.223 e. The molecule has 1 aromatic heterocycles. The molecule has 4 nitrogen and oxygen atoms in total. The molecule has 2 atom stereocenters. The monoisotopic (exact) mass is 343 g/mol. The van der Waals surface area contributed by atoms with Crippen LogP contribution in [0.25, 0.3) is 0 Å². The first-order valence-electron chi connectivity index (χ1n) is 9.99. The highest BCUT2D eigenvalue weighted by Gasteiger charge is 2.57. The molecule has 136 valence electrons. The Morgan fingerprint density at radius 1 is 1.24 bits per heavy atom.